The van der Waals surface area contributed by atoms with Crippen LogP contribution in [-0.4, -0.2) is 25.7 Å². The second-order valence-corrected chi connectivity index (χ2v) is 10.1. The molecule has 0 bridgehead atoms. The van der Waals surface area contributed by atoms with Crippen LogP contribution in [-0.2, 0) is 13.0 Å². The quantitative estimate of drug-likeness (QED) is 0.282. The van der Waals surface area contributed by atoms with Gasteiger partial charge in [0.25, 0.3) is 0 Å². The molecule has 0 amide bonds. The van der Waals surface area contributed by atoms with Crippen LogP contribution in [0.25, 0.3) is 10.9 Å². The Morgan fingerprint density at radius 3 is 2.58 bits per heavy atom. The molecule has 5 nitrogen and oxygen atoms in total. The van der Waals surface area contributed by atoms with Crippen LogP contribution in [0.3, 0.4) is 0 Å². The van der Waals surface area contributed by atoms with Gasteiger partial charge in [-0.3, -0.25) is 0 Å². The molecule has 0 unspecified atom stereocenters. The molecule has 1 aromatic heterocycles. The molecule has 188 valence electrons. The maximum Gasteiger partial charge on any atom is 0.125 e. The Balaban J connectivity index is 1.48. The number of fused-ring (bicyclic) bond motifs is 3. The molecule has 0 aliphatic carbocycles. The Morgan fingerprint density at radius 2 is 1.83 bits per heavy atom. The lowest BCUT2D eigenvalue weighted by atomic mass is 9.93. The summed E-state index contributed by atoms with van der Waals surface area (Å²) >= 11 is 6.40. The van der Waals surface area contributed by atoms with Gasteiger partial charge in [0.15, 0.2) is 0 Å². The van der Waals surface area contributed by atoms with E-state index in [0.29, 0.717) is 12.5 Å². The Morgan fingerprint density at radius 1 is 1.00 bits per heavy atom. The summed E-state index contributed by atoms with van der Waals surface area (Å²) in [6.45, 7) is 7.61. The third-order valence-corrected chi connectivity index (χ3v) is 7.50. The van der Waals surface area contributed by atoms with Crippen LogP contribution in [0.1, 0.15) is 59.3 Å². The van der Waals surface area contributed by atoms with Gasteiger partial charge in [-0.15, -0.1) is 0 Å². The van der Waals surface area contributed by atoms with E-state index in [-0.39, 0.29) is 6.04 Å². The van der Waals surface area contributed by atoms with Gasteiger partial charge in [0.2, 0.25) is 0 Å². The fraction of sp³-hybridized carbons (Fsp3) is 0.333. The van der Waals surface area contributed by atoms with Gasteiger partial charge < -0.3 is 24.5 Å². The predicted molar refractivity (Wildman–Crippen MR) is 146 cm³/mol. The third kappa shape index (κ3) is 4.54. The van der Waals surface area contributed by atoms with Crippen LogP contribution in [0.5, 0.6) is 17.2 Å². The number of ether oxygens (including phenoxy) is 3. The predicted octanol–water partition coefficient (Wildman–Crippen LogP) is 7.08. The number of rotatable bonds is 7. The lowest BCUT2D eigenvalue weighted by Gasteiger charge is -2.26. The highest BCUT2D eigenvalue weighted by molar-refractivity contribution is 6.31. The van der Waals surface area contributed by atoms with E-state index >= 15 is 0 Å². The fourth-order valence-corrected chi connectivity index (χ4v) is 5.28. The number of H-pyrrole nitrogens is 1. The number of methoxy groups -OCH3 is 2. The van der Waals surface area contributed by atoms with Crippen molar-refractivity contribution < 1.29 is 14.2 Å². The Kier molecular flexibility index (Phi) is 6.87. The summed E-state index contributed by atoms with van der Waals surface area (Å²) < 4.78 is 17.5. The van der Waals surface area contributed by atoms with Crippen LogP contribution < -0.4 is 19.5 Å². The van der Waals surface area contributed by atoms with Crippen molar-refractivity contribution >= 4 is 22.5 Å². The number of hydrogen-bond acceptors (Lipinski definition) is 4. The second kappa shape index (κ2) is 10.1. The highest BCUT2D eigenvalue weighted by Crippen LogP contribution is 2.37. The molecule has 0 saturated carbocycles. The lowest BCUT2D eigenvalue weighted by molar-refractivity contribution is 0.292. The minimum atomic E-state index is 0.0563. The van der Waals surface area contributed by atoms with Gasteiger partial charge in [-0.05, 0) is 84.0 Å². The van der Waals surface area contributed by atoms with E-state index in [2.05, 4.69) is 48.4 Å². The highest BCUT2D eigenvalue weighted by atomic mass is 35.5. The van der Waals surface area contributed by atoms with E-state index in [9.17, 15) is 0 Å². The van der Waals surface area contributed by atoms with E-state index < -0.39 is 0 Å². The third-order valence-electron chi connectivity index (χ3n) is 7.09. The summed E-state index contributed by atoms with van der Waals surface area (Å²) in [7, 11) is 3.41. The van der Waals surface area contributed by atoms with Gasteiger partial charge in [0.1, 0.15) is 23.9 Å². The van der Waals surface area contributed by atoms with Crippen molar-refractivity contribution in [2.24, 2.45) is 0 Å². The van der Waals surface area contributed by atoms with Crippen LogP contribution >= 0.6 is 11.6 Å². The van der Waals surface area contributed by atoms with Crippen molar-refractivity contribution in [3.05, 3.63) is 87.1 Å². The molecule has 0 fully saturated rings. The van der Waals surface area contributed by atoms with E-state index in [1.807, 2.05) is 31.2 Å². The minimum Gasteiger partial charge on any atom is -0.497 e. The van der Waals surface area contributed by atoms with Gasteiger partial charge in [0, 0.05) is 33.7 Å². The molecule has 6 heteroatoms. The first kappa shape index (κ1) is 24.5. The number of aromatic amines is 1. The number of benzene rings is 3. The molecule has 1 aliphatic heterocycles. The standard InChI is InChI=1S/C30H33ClN2O3/c1-17(2)23-15-25(31)18(3)12-28(23)36-16-20-13-19(6-9-27(20)35-5)29-30-22(10-11-32-29)24-14-21(34-4)7-8-26(24)33-30/h6-9,12-15,17,29,32-33H,10-11,16H2,1-5H3/t29-/m0/s1. The van der Waals surface area contributed by atoms with Crippen LogP contribution in [0.2, 0.25) is 5.02 Å². The number of nitrogens with one attached hydrogen (secondary N) is 2. The number of aromatic nitrogens is 1. The fourth-order valence-electron chi connectivity index (χ4n) is 5.11. The molecule has 5 rings (SSSR count). The molecule has 0 saturated heterocycles. The summed E-state index contributed by atoms with van der Waals surface area (Å²) in [5.41, 5.74) is 7.97. The lowest BCUT2D eigenvalue weighted by Crippen LogP contribution is -2.30. The summed E-state index contributed by atoms with van der Waals surface area (Å²) in [6, 6.07) is 16.7. The summed E-state index contributed by atoms with van der Waals surface area (Å²) in [5, 5.41) is 5.69. The van der Waals surface area contributed by atoms with Gasteiger partial charge in [-0.1, -0.05) is 31.5 Å². The topological polar surface area (TPSA) is 55.5 Å². The van der Waals surface area contributed by atoms with Crippen molar-refractivity contribution in [2.45, 2.75) is 45.8 Å². The molecule has 2 heterocycles. The molecule has 3 aromatic carbocycles. The van der Waals surface area contributed by atoms with Gasteiger partial charge >= 0.3 is 0 Å². The van der Waals surface area contributed by atoms with E-state index in [0.717, 1.165) is 57.4 Å². The smallest absolute Gasteiger partial charge is 0.125 e. The van der Waals surface area contributed by atoms with Crippen LogP contribution in [0, 0.1) is 6.92 Å². The molecule has 0 radical (unpaired) electrons. The largest absolute Gasteiger partial charge is 0.497 e. The summed E-state index contributed by atoms with van der Waals surface area (Å²) in [5.74, 6) is 2.85. The van der Waals surface area contributed by atoms with Crippen LogP contribution in [0.15, 0.2) is 48.5 Å². The van der Waals surface area contributed by atoms with Crippen molar-refractivity contribution in [1.29, 1.82) is 0 Å². The Bertz CT molecular complexity index is 1410. The maximum absolute atomic E-state index is 6.40. The average molecular weight is 505 g/mol. The molecule has 1 atom stereocenters. The first-order valence-corrected chi connectivity index (χ1v) is 12.8. The van der Waals surface area contributed by atoms with E-state index in [1.165, 1.54) is 22.2 Å². The number of halogens is 1. The average Bonchev–Trinajstić information content (AvgIpc) is 3.26. The van der Waals surface area contributed by atoms with Gasteiger partial charge in [0.05, 0.1) is 20.3 Å². The summed E-state index contributed by atoms with van der Waals surface area (Å²) in [6.07, 6.45) is 0.971. The monoisotopic (exact) mass is 504 g/mol. The number of hydrogen-bond donors (Lipinski definition) is 2. The molecule has 1 aliphatic rings. The van der Waals surface area contributed by atoms with Gasteiger partial charge in [-0.25, -0.2) is 0 Å². The van der Waals surface area contributed by atoms with Crippen molar-refractivity contribution in [2.75, 3.05) is 20.8 Å². The Hall–Kier alpha value is -3.15. The van der Waals surface area contributed by atoms with Crippen molar-refractivity contribution in [3.8, 4) is 17.2 Å². The second-order valence-electron chi connectivity index (χ2n) is 9.72. The molecule has 0 spiro atoms. The van der Waals surface area contributed by atoms with E-state index in [4.69, 9.17) is 25.8 Å². The normalized spacial score (nSPS) is 15.2. The zero-order valence-electron chi connectivity index (χ0n) is 21.5. The molecular weight excluding hydrogens is 472 g/mol. The van der Waals surface area contributed by atoms with Crippen LogP contribution in [0.4, 0.5) is 0 Å². The zero-order valence-corrected chi connectivity index (χ0v) is 22.3. The summed E-state index contributed by atoms with van der Waals surface area (Å²) in [4.78, 5) is 3.66. The zero-order chi connectivity index (χ0) is 25.4. The van der Waals surface area contributed by atoms with E-state index in [1.54, 1.807) is 14.2 Å². The van der Waals surface area contributed by atoms with Crippen molar-refractivity contribution in [1.82, 2.24) is 10.3 Å². The highest BCUT2D eigenvalue weighted by Gasteiger charge is 2.26. The molecule has 2 N–H and O–H groups in total. The van der Waals surface area contributed by atoms with Crippen molar-refractivity contribution in [3.63, 3.8) is 0 Å². The number of aryl methyl sites for hydroxylation is 1. The Labute approximate surface area is 217 Å². The minimum absolute atomic E-state index is 0.0563. The first-order valence-electron chi connectivity index (χ1n) is 12.4. The molecule has 36 heavy (non-hydrogen) atoms. The molecular formula is C30H33ClN2O3. The first-order chi connectivity index (χ1) is 17.4. The maximum atomic E-state index is 6.40. The van der Waals surface area contributed by atoms with Gasteiger partial charge in [-0.2, -0.15) is 0 Å². The molecule has 4 aromatic rings. The SMILES string of the molecule is COc1ccc2[nH]c3c(c2c1)CCN[C@H]3c1ccc(OC)c(COc2cc(C)c(Cl)cc2C(C)C)c1.